The molecule has 0 bridgehead atoms. The van der Waals surface area contributed by atoms with Crippen LogP contribution in [0.25, 0.3) is 0 Å². The fraction of sp³-hybridized carbons (Fsp3) is 0.462. The molecule has 1 heterocycles. The lowest BCUT2D eigenvalue weighted by Crippen LogP contribution is -2.50. The molecule has 0 aromatic carbocycles. The third kappa shape index (κ3) is 4.75. The van der Waals surface area contributed by atoms with Crippen molar-refractivity contribution in [3.63, 3.8) is 0 Å². The Labute approximate surface area is 126 Å². The number of ether oxygens (including phenoxy) is 1. The van der Waals surface area contributed by atoms with Gasteiger partial charge in [0.15, 0.2) is 6.04 Å². The van der Waals surface area contributed by atoms with E-state index >= 15 is 0 Å². The number of methoxy groups -OCH3 is 1. The number of amides is 2. The maximum atomic E-state index is 11.9. The molecule has 2 amide bonds. The Kier molecular flexibility index (Phi) is 6.16. The topological polar surface area (TPSA) is 105 Å². The first-order chi connectivity index (χ1) is 9.86. The highest BCUT2D eigenvalue weighted by atomic mass is 32.1. The number of thiophene rings is 1. The zero-order chi connectivity index (χ0) is 16.0. The predicted octanol–water partition coefficient (Wildman–Crippen LogP) is 1.37. The van der Waals surface area contributed by atoms with Crippen LogP contribution in [0.1, 0.15) is 24.8 Å². The number of carbonyl (C=O) groups is 3. The van der Waals surface area contributed by atoms with Gasteiger partial charge in [0, 0.05) is 4.88 Å². The molecule has 21 heavy (non-hydrogen) atoms. The maximum absolute atomic E-state index is 11.9. The number of hydrogen-bond donors (Lipinski definition) is 3. The highest BCUT2D eigenvalue weighted by molar-refractivity contribution is 7.10. The number of carbonyl (C=O) groups excluding carboxylic acids is 2. The molecule has 2 atom stereocenters. The smallest absolute Gasteiger partial charge is 0.331 e. The van der Waals surface area contributed by atoms with E-state index in [2.05, 4.69) is 15.4 Å². The normalized spacial score (nSPS) is 13.3. The third-order valence-corrected chi connectivity index (χ3v) is 3.70. The van der Waals surface area contributed by atoms with E-state index in [-0.39, 0.29) is 5.92 Å². The molecule has 0 aliphatic rings. The Bertz CT molecular complexity index is 501. The van der Waals surface area contributed by atoms with Gasteiger partial charge in [-0.2, -0.15) is 0 Å². The highest BCUT2D eigenvalue weighted by Gasteiger charge is 2.28. The van der Waals surface area contributed by atoms with Gasteiger partial charge >= 0.3 is 18.0 Å². The highest BCUT2D eigenvalue weighted by Crippen LogP contribution is 2.19. The average molecular weight is 314 g/mol. The van der Waals surface area contributed by atoms with E-state index in [1.807, 2.05) is 0 Å². The van der Waals surface area contributed by atoms with Crippen LogP contribution in [0.4, 0.5) is 4.79 Å². The molecule has 7 nitrogen and oxygen atoms in total. The van der Waals surface area contributed by atoms with Crippen molar-refractivity contribution in [2.75, 3.05) is 7.11 Å². The van der Waals surface area contributed by atoms with Crippen molar-refractivity contribution in [1.82, 2.24) is 10.6 Å². The van der Waals surface area contributed by atoms with Crippen molar-refractivity contribution in [1.29, 1.82) is 0 Å². The van der Waals surface area contributed by atoms with E-state index in [1.54, 1.807) is 31.4 Å². The Balaban J connectivity index is 2.74. The zero-order valence-electron chi connectivity index (χ0n) is 12.0. The summed E-state index contributed by atoms with van der Waals surface area (Å²) in [5.41, 5.74) is 0. The van der Waals surface area contributed by atoms with Crippen LogP contribution in [0.15, 0.2) is 17.5 Å². The van der Waals surface area contributed by atoms with Gasteiger partial charge in [-0.25, -0.2) is 14.4 Å². The van der Waals surface area contributed by atoms with Gasteiger partial charge in [0.05, 0.1) is 7.11 Å². The Morgan fingerprint density at radius 2 is 1.95 bits per heavy atom. The van der Waals surface area contributed by atoms with Gasteiger partial charge in [0.25, 0.3) is 0 Å². The van der Waals surface area contributed by atoms with Gasteiger partial charge in [0.1, 0.15) is 6.04 Å². The number of hydrogen-bond acceptors (Lipinski definition) is 5. The van der Waals surface area contributed by atoms with E-state index in [1.165, 1.54) is 18.4 Å². The first-order valence-electron chi connectivity index (χ1n) is 6.27. The van der Waals surface area contributed by atoms with E-state index in [0.717, 1.165) is 0 Å². The largest absolute Gasteiger partial charge is 0.479 e. The van der Waals surface area contributed by atoms with Crippen molar-refractivity contribution in [3.05, 3.63) is 22.4 Å². The quantitative estimate of drug-likeness (QED) is 0.688. The van der Waals surface area contributed by atoms with Gasteiger partial charge < -0.3 is 20.5 Å². The summed E-state index contributed by atoms with van der Waals surface area (Å²) in [6.45, 7) is 3.49. The molecule has 1 aromatic rings. The van der Waals surface area contributed by atoms with E-state index in [9.17, 15) is 14.4 Å². The van der Waals surface area contributed by atoms with Crippen molar-refractivity contribution in [2.24, 2.45) is 5.92 Å². The monoisotopic (exact) mass is 314 g/mol. The summed E-state index contributed by atoms with van der Waals surface area (Å²) in [7, 11) is 1.23. The maximum Gasteiger partial charge on any atom is 0.331 e. The lowest BCUT2D eigenvalue weighted by molar-refractivity contribution is -0.144. The molecule has 1 aromatic heterocycles. The molecule has 2 unspecified atom stereocenters. The first-order valence-corrected chi connectivity index (χ1v) is 7.15. The molecule has 0 radical (unpaired) electrons. The lowest BCUT2D eigenvalue weighted by Gasteiger charge is -2.21. The molecule has 8 heteroatoms. The van der Waals surface area contributed by atoms with Crippen LogP contribution in [-0.2, 0) is 14.3 Å². The van der Waals surface area contributed by atoms with Crippen molar-refractivity contribution >= 4 is 29.3 Å². The second-order valence-corrected chi connectivity index (χ2v) is 5.63. The van der Waals surface area contributed by atoms with Gasteiger partial charge in [-0.1, -0.05) is 19.9 Å². The molecule has 0 aliphatic heterocycles. The Morgan fingerprint density at radius 1 is 1.29 bits per heavy atom. The SMILES string of the molecule is COC(=O)C(NC(=O)NC(C(=O)O)c1cccs1)C(C)C. The molecular weight excluding hydrogens is 296 g/mol. The van der Waals surface area contributed by atoms with Gasteiger partial charge in [-0.3, -0.25) is 0 Å². The lowest BCUT2D eigenvalue weighted by atomic mass is 10.1. The van der Waals surface area contributed by atoms with E-state index in [0.29, 0.717) is 4.88 Å². The Hall–Kier alpha value is -2.09. The number of carboxylic acids is 1. The third-order valence-electron chi connectivity index (χ3n) is 2.76. The van der Waals surface area contributed by atoms with Gasteiger partial charge in [0.2, 0.25) is 0 Å². The number of nitrogens with one attached hydrogen (secondary N) is 2. The minimum Gasteiger partial charge on any atom is -0.479 e. The van der Waals surface area contributed by atoms with E-state index in [4.69, 9.17) is 5.11 Å². The van der Waals surface area contributed by atoms with Crippen LogP contribution in [0, 0.1) is 5.92 Å². The minimum atomic E-state index is -1.17. The van der Waals surface area contributed by atoms with Crippen molar-refractivity contribution in [2.45, 2.75) is 25.9 Å². The van der Waals surface area contributed by atoms with Crippen LogP contribution >= 0.6 is 11.3 Å². The zero-order valence-corrected chi connectivity index (χ0v) is 12.8. The summed E-state index contributed by atoms with van der Waals surface area (Å²) in [6, 6.07) is 0.577. The summed E-state index contributed by atoms with van der Waals surface area (Å²) in [6.07, 6.45) is 0. The molecule has 0 aliphatic carbocycles. The van der Waals surface area contributed by atoms with Crippen LogP contribution in [-0.4, -0.2) is 36.2 Å². The van der Waals surface area contributed by atoms with E-state index < -0.39 is 30.1 Å². The minimum absolute atomic E-state index is 0.187. The van der Waals surface area contributed by atoms with Crippen LogP contribution in [0.5, 0.6) is 0 Å². The number of carboxylic acid groups (broad SMARTS) is 1. The fourth-order valence-electron chi connectivity index (χ4n) is 1.65. The number of esters is 1. The van der Waals surface area contributed by atoms with Crippen LogP contribution in [0.2, 0.25) is 0 Å². The van der Waals surface area contributed by atoms with Crippen LogP contribution < -0.4 is 10.6 Å². The standard InChI is InChI=1S/C13H18N2O5S/c1-7(2)9(12(18)20-3)14-13(19)15-10(11(16)17)8-5-4-6-21-8/h4-7,9-10H,1-3H3,(H,16,17)(H2,14,15,19). The molecular formula is C13H18N2O5S. The predicted molar refractivity (Wildman–Crippen MR) is 77.0 cm³/mol. The molecule has 3 N–H and O–H groups in total. The molecule has 0 saturated carbocycles. The number of rotatable bonds is 6. The number of aliphatic carboxylic acids is 1. The molecule has 0 fully saturated rings. The summed E-state index contributed by atoms with van der Waals surface area (Å²) in [5.74, 6) is -1.94. The summed E-state index contributed by atoms with van der Waals surface area (Å²) >= 11 is 1.22. The summed E-state index contributed by atoms with van der Waals surface area (Å²) in [5, 5.41) is 15.7. The first kappa shape index (κ1) is 17.0. The summed E-state index contributed by atoms with van der Waals surface area (Å²) < 4.78 is 4.60. The Morgan fingerprint density at radius 3 is 2.38 bits per heavy atom. The summed E-state index contributed by atoms with van der Waals surface area (Å²) in [4.78, 5) is 35.2. The second-order valence-electron chi connectivity index (χ2n) is 4.65. The molecule has 1 rings (SSSR count). The van der Waals surface area contributed by atoms with Crippen LogP contribution in [0.3, 0.4) is 0 Å². The average Bonchev–Trinajstić information content (AvgIpc) is 2.94. The second kappa shape index (κ2) is 7.63. The fourth-order valence-corrected chi connectivity index (χ4v) is 2.42. The molecule has 0 saturated heterocycles. The van der Waals surface area contributed by atoms with Crippen molar-refractivity contribution < 1.29 is 24.2 Å². The molecule has 0 spiro atoms. The molecule has 116 valence electrons. The number of urea groups is 1. The van der Waals surface area contributed by atoms with Gasteiger partial charge in [-0.05, 0) is 17.4 Å². The van der Waals surface area contributed by atoms with Crippen molar-refractivity contribution in [3.8, 4) is 0 Å². The van der Waals surface area contributed by atoms with Gasteiger partial charge in [-0.15, -0.1) is 11.3 Å².